The molecule has 0 fully saturated rings. The highest BCUT2D eigenvalue weighted by atomic mass is 32.1. The number of thiazole rings is 1. The number of fused-ring (bicyclic) bond motifs is 1. The van der Waals surface area contributed by atoms with Gasteiger partial charge >= 0.3 is 0 Å². The zero-order chi connectivity index (χ0) is 13.2. The maximum Gasteiger partial charge on any atom is 0.246 e. The van der Waals surface area contributed by atoms with Crippen LogP contribution in [0.15, 0.2) is 43.0 Å². The maximum absolute atomic E-state index is 11.6. The summed E-state index contributed by atoms with van der Waals surface area (Å²) in [7, 11) is 0. The van der Waals surface area contributed by atoms with E-state index in [1.165, 1.54) is 11.0 Å². The molecule has 1 aromatic carbocycles. The standard InChI is InChI=1S/C15H14N2OS/c1-2-14(18)17-9-8-12-13(10-17)19-15(16-12)11-6-4-3-5-7-11/h2-7H,1,8-10H2. The molecule has 0 radical (unpaired) electrons. The van der Waals surface area contributed by atoms with Crippen molar-refractivity contribution in [2.75, 3.05) is 6.54 Å². The van der Waals surface area contributed by atoms with E-state index in [9.17, 15) is 4.79 Å². The van der Waals surface area contributed by atoms with Crippen molar-refractivity contribution in [2.24, 2.45) is 0 Å². The Bertz CT molecular complexity index is 618. The van der Waals surface area contributed by atoms with Crippen LogP contribution in [-0.2, 0) is 17.8 Å². The molecule has 1 aromatic heterocycles. The van der Waals surface area contributed by atoms with Gasteiger partial charge in [0.2, 0.25) is 5.91 Å². The summed E-state index contributed by atoms with van der Waals surface area (Å²) in [5.74, 6) is 0.000288. The summed E-state index contributed by atoms with van der Waals surface area (Å²) >= 11 is 1.68. The number of hydrogen-bond acceptors (Lipinski definition) is 3. The summed E-state index contributed by atoms with van der Waals surface area (Å²) in [6.07, 6.45) is 2.21. The van der Waals surface area contributed by atoms with E-state index in [2.05, 4.69) is 18.7 Å². The first kappa shape index (κ1) is 12.1. The number of carbonyl (C=O) groups is 1. The normalized spacial score (nSPS) is 14.0. The van der Waals surface area contributed by atoms with Crippen LogP contribution < -0.4 is 0 Å². The van der Waals surface area contributed by atoms with Crippen LogP contribution in [0, 0.1) is 0 Å². The smallest absolute Gasteiger partial charge is 0.246 e. The van der Waals surface area contributed by atoms with E-state index in [1.54, 1.807) is 11.3 Å². The molecule has 96 valence electrons. The molecule has 2 aromatic rings. The lowest BCUT2D eigenvalue weighted by Gasteiger charge is -2.24. The Kier molecular flexibility index (Phi) is 3.17. The summed E-state index contributed by atoms with van der Waals surface area (Å²) in [4.78, 5) is 19.4. The summed E-state index contributed by atoms with van der Waals surface area (Å²) in [5.41, 5.74) is 2.28. The number of nitrogens with zero attached hydrogens (tertiary/aromatic N) is 2. The van der Waals surface area contributed by atoms with Crippen molar-refractivity contribution in [3.05, 3.63) is 53.6 Å². The van der Waals surface area contributed by atoms with Gasteiger partial charge in [0.1, 0.15) is 5.01 Å². The van der Waals surface area contributed by atoms with Crippen LogP contribution in [0.5, 0.6) is 0 Å². The Labute approximate surface area is 116 Å². The largest absolute Gasteiger partial charge is 0.334 e. The first-order chi connectivity index (χ1) is 9.28. The van der Waals surface area contributed by atoms with E-state index in [0.29, 0.717) is 6.54 Å². The van der Waals surface area contributed by atoms with Gasteiger partial charge < -0.3 is 4.90 Å². The van der Waals surface area contributed by atoms with Gasteiger partial charge in [-0.25, -0.2) is 4.98 Å². The van der Waals surface area contributed by atoms with E-state index >= 15 is 0 Å². The molecule has 3 rings (SSSR count). The highest BCUT2D eigenvalue weighted by Gasteiger charge is 2.22. The minimum absolute atomic E-state index is 0.000288. The van der Waals surface area contributed by atoms with Gasteiger partial charge in [0.15, 0.2) is 0 Å². The number of benzene rings is 1. The molecule has 0 saturated carbocycles. The lowest BCUT2D eigenvalue weighted by Crippen LogP contribution is -2.34. The van der Waals surface area contributed by atoms with Gasteiger partial charge in [-0.2, -0.15) is 0 Å². The van der Waals surface area contributed by atoms with Crippen molar-refractivity contribution >= 4 is 17.2 Å². The van der Waals surface area contributed by atoms with Crippen LogP contribution in [0.3, 0.4) is 0 Å². The molecule has 0 atom stereocenters. The number of hydrogen-bond donors (Lipinski definition) is 0. The Morgan fingerprint density at radius 2 is 2.16 bits per heavy atom. The summed E-state index contributed by atoms with van der Waals surface area (Å²) in [6, 6.07) is 10.2. The molecule has 0 aliphatic carbocycles. The second-order valence-corrected chi connectivity index (χ2v) is 5.55. The lowest BCUT2D eigenvalue weighted by molar-refractivity contribution is -0.126. The summed E-state index contributed by atoms with van der Waals surface area (Å²) in [5, 5.41) is 1.04. The molecule has 0 unspecified atom stereocenters. The van der Waals surface area contributed by atoms with Crippen molar-refractivity contribution in [2.45, 2.75) is 13.0 Å². The highest BCUT2D eigenvalue weighted by molar-refractivity contribution is 7.15. The monoisotopic (exact) mass is 270 g/mol. The summed E-state index contributed by atoms with van der Waals surface area (Å²) < 4.78 is 0. The predicted molar refractivity (Wildman–Crippen MR) is 76.9 cm³/mol. The van der Waals surface area contributed by atoms with Crippen LogP contribution in [0.4, 0.5) is 0 Å². The minimum atomic E-state index is 0.000288. The molecule has 3 nitrogen and oxygen atoms in total. The van der Waals surface area contributed by atoms with Crippen LogP contribution in [0.1, 0.15) is 10.6 Å². The van der Waals surface area contributed by atoms with Gasteiger partial charge in [-0.3, -0.25) is 4.79 Å². The molecule has 1 aliphatic rings. The third-order valence-corrected chi connectivity index (χ3v) is 4.37. The Morgan fingerprint density at radius 1 is 1.37 bits per heavy atom. The molecule has 19 heavy (non-hydrogen) atoms. The number of carbonyl (C=O) groups excluding carboxylic acids is 1. The predicted octanol–water partition coefficient (Wildman–Crippen LogP) is 2.88. The Balaban J connectivity index is 1.89. The second kappa shape index (κ2) is 4.97. The second-order valence-electron chi connectivity index (χ2n) is 4.47. The molecule has 0 N–H and O–H groups in total. The number of amides is 1. The maximum atomic E-state index is 11.6. The molecule has 0 saturated heterocycles. The van der Waals surface area contributed by atoms with Crippen LogP contribution in [-0.4, -0.2) is 22.3 Å². The van der Waals surface area contributed by atoms with Crippen LogP contribution in [0.2, 0.25) is 0 Å². The van der Waals surface area contributed by atoms with Crippen molar-refractivity contribution in [1.29, 1.82) is 0 Å². The van der Waals surface area contributed by atoms with Crippen molar-refractivity contribution in [1.82, 2.24) is 9.88 Å². The van der Waals surface area contributed by atoms with E-state index in [1.807, 2.05) is 23.1 Å². The molecular formula is C15H14N2OS. The zero-order valence-corrected chi connectivity index (χ0v) is 11.3. The van der Waals surface area contributed by atoms with Gasteiger partial charge in [0, 0.05) is 23.4 Å². The van der Waals surface area contributed by atoms with E-state index in [0.717, 1.165) is 29.2 Å². The highest BCUT2D eigenvalue weighted by Crippen LogP contribution is 2.31. The third kappa shape index (κ3) is 2.31. The number of rotatable bonds is 2. The molecule has 1 aliphatic heterocycles. The van der Waals surface area contributed by atoms with Crippen LogP contribution >= 0.6 is 11.3 Å². The minimum Gasteiger partial charge on any atom is -0.334 e. The average Bonchev–Trinajstić information content (AvgIpc) is 2.90. The molecule has 4 heteroatoms. The van der Waals surface area contributed by atoms with Crippen molar-refractivity contribution < 1.29 is 4.79 Å². The van der Waals surface area contributed by atoms with Gasteiger partial charge in [-0.05, 0) is 6.08 Å². The fraction of sp³-hybridized carbons (Fsp3) is 0.200. The van der Waals surface area contributed by atoms with Crippen molar-refractivity contribution in [3.8, 4) is 10.6 Å². The van der Waals surface area contributed by atoms with E-state index in [-0.39, 0.29) is 5.91 Å². The van der Waals surface area contributed by atoms with Gasteiger partial charge in [0.25, 0.3) is 0 Å². The Morgan fingerprint density at radius 3 is 2.89 bits per heavy atom. The van der Waals surface area contributed by atoms with E-state index in [4.69, 9.17) is 4.98 Å². The summed E-state index contributed by atoms with van der Waals surface area (Å²) in [6.45, 7) is 4.93. The molecule has 0 bridgehead atoms. The third-order valence-electron chi connectivity index (χ3n) is 3.24. The fourth-order valence-electron chi connectivity index (χ4n) is 2.22. The lowest BCUT2D eigenvalue weighted by atomic mass is 10.1. The molecule has 2 heterocycles. The molecule has 1 amide bonds. The van der Waals surface area contributed by atoms with Gasteiger partial charge in [-0.15, -0.1) is 11.3 Å². The first-order valence-corrected chi connectivity index (χ1v) is 7.05. The van der Waals surface area contributed by atoms with Crippen molar-refractivity contribution in [3.63, 3.8) is 0 Å². The SMILES string of the molecule is C=CC(=O)N1CCc2nc(-c3ccccc3)sc2C1. The topological polar surface area (TPSA) is 33.2 Å². The zero-order valence-electron chi connectivity index (χ0n) is 10.5. The van der Waals surface area contributed by atoms with Gasteiger partial charge in [0.05, 0.1) is 12.2 Å². The first-order valence-electron chi connectivity index (χ1n) is 6.23. The number of aromatic nitrogens is 1. The van der Waals surface area contributed by atoms with Gasteiger partial charge in [-0.1, -0.05) is 36.9 Å². The molecule has 0 spiro atoms. The van der Waals surface area contributed by atoms with Crippen LogP contribution in [0.25, 0.3) is 10.6 Å². The van der Waals surface area contributed by atoms with E-state index < -0.39 is 0 Å². The molecular weight excluding hydrogens is 256 g/mol. The Hall–Kier alpha value is -1.94. The quantitative estimate of drug-likeness (QED) is 0.786. The average molecular weight is 270 g/mol. The fourth-order valence-corrected chi connectivity index (χ4v) is 3.35.